The molecule has 5 amide bonds. The Bertz CT molecular complexity index is 1080. The minimum atomic E-state index is -0.399. The van der Waals surface area contributed by atoms with Crippen molar-refractivity contribution >= 4 is 41.0 Å². The van der Waals surface area contributed by atoms with E-state index in [0.717, 1.165) is 10.5 Å². The summed E-state index contributed by atoms with van der Waals surface area (Å²) < 4.78 is 10.8. The molecule has 3 N–H and O–H groups in total. The number of aryl methyl sites for hydroxylation is 1. The van der Waals surface area contributed by atoms with Gasteiger partial charge >= 0.3 is 0 Å². The average molecular weight is 559 g/mol. The maximum Gasteiger partial charge on any atom is 0.256 e. The number of carbonyl (C=O) groups excluding carboxylic acids is 6. The zero-order chi connectivity index (χ0) is 29.3. The van der Waals surface area contributed by atoms with Crippen LogP contribution >= 0.6 is 0 Å². The maximum atomic E-state index is 12.1. The molecule has 1 aromatic carbocycles. The Morgan fingerprint density at radius 1 is 0.775 bits per heavy atom. The first-order valence-electron chi connectivity index (χ1n) is 13.3. The number of Topliss-reactive ketones (excluding diaryl/α,β-unsaturated/α-hetero) is 1. The molecule has 1 heterocycles. The predicted molar refractivity (Wildman–Crippen MR) is 146 cm³/mol. The van der Waals surface area contributed by atoms with Crippen molar-refractivity contribution in [1.82, 2.24) is 15.5 Å². The van der Waals surface area contributed by atoms with Gasteiger partial charge in [-0.25, -0.2) is 0 Å². The topological polar surface area (TPSA) is 160 Å². The van der Waals surface area contributed by atoms with E-state index in [1.807, 2.05) is 12.1 Å². The molecule has 2 rings (SSSR count). The van der Waals surface area contributed by atoms with Crippen LogP contribution in [0.4, 0.5) is 5.69 Å². The van der Waals surface area contributed by atoms with E-state index < -0.39 is 5.91 Å². The van der Waals surface area contributed by atoms with E-state index in [-0.39, 0.29) is 68.6 Å². The smallest absolute Gasteiger partial charge is 0.256 e. The zero-order valence-corrected chi connectivity index (χ0v) is 23.1. The van der Waals surface area contributed by atoms with E-state index in [9.17, 15) is 28.8 Å². The molecule has 0 aliphatic carbocycles. The van der Waals surface area contributed by atoms with E-state index in [0.29, 0.717) is 50.3 Å². The van der Waals surface area contributed by atoms with Crippen LogP contribution in [0.25, 0.3) is 0 Å². The second kappa shape index (κ2) is 17.6. The van der Waals surface area contributed by atoms with Gasteiger partial charge in [0.15, 0.2) is 0 Å². The number of benzene rings is 1. The third-order valence-corrected chi connectivity index (χ3v) is 5.84. The summed E-state index contributed by atoms with van der Waals surface area (Å²) in [6.45, 7) is 4.82. The number of anilines is 1. The molecule has 0 aromatic heterocycles. The number of hydrogen-bond acceptors (Lipinski definition) is 8. The second-order valence-electron chi connectivity index (χ2n) is 9.24. The lowest BCUT2D eigenvalue weighted by atomic mass is 10.1. The molecule has 0 saturated heterocycles. The Morgan fingerprint density at radius 2 is 1.43 bits per heavy atom. The van der Waals surface area contributed by atoms with Crippen molar-refractivity contribution in [3.05, 3.63) is 41.5 Å². The lowest BCUT2D eigenvalue weighted by Gasteiger charge is -2.14. The van der Waals surface area contributed by atoms with Crippen LogP contribution < -0.4 is 16.0 Å². The highest BCUT2D eigenvalue weighted by Crippen LogP contribution is 2.12. The number of ether oxygens (including phenoxy) is 2. The number of hydrogen-bond donors (Lipinski definition) is 3. The van der Waals surface area contributed by atoms with E-state index in [1.54, 1.807) is 19.1 Å². The van der Waals surface area contributed by atoms with Crippen molar-refractivity contribution in [2.24, 2.45) is 0 Å². The number of rotatable bonds is 19. The van der Waals surface area contributed by atoms with E-state index >= 15 is 0 Å². The molecule has 1 aliphatic rings. The highest BCUT2D eigenvalue weighted by atomic mass is 16.5. The molecule has 0 unspecified atom stereocenters. The first kappa shape index (κ1) is 32.3. The summed E-state index contributed by atoms with van der Waals surface area (Å²) in [5, 5.41) is 8.16. The van der Waals surface area contributed by atoms with Crippen LogP contribution in [-0.2, 0) is 44.7 Å². The zero-order valence-electron chi connectivity index (χ0n) is 23.1. The van der Waals surface area contributed by atoms with Crippen molar-refractivity contribution in [3.63, 3.8) is 0 Å². The second-order valence-corrected chi connectivity index (χ2v) is 9.24. The Hall–Kier alpha value is -3.90. The lowest BCUT2D eigenvalue weighted by molar-refractivity contribution is -0.137. The molecule has 12 heteroatoms. The molecule has 218 valence electrons. The van der Waals surface area contributed by atoms with E-state index in [2.05, 4.69) is 16.0 Å². The number of nitrogens with zero attached hydrogens (tertiary/aromatic N) is 1. The molecule has 1 aliphatic heterocycles. The first-order valence-corrected chi connectivity index (χ1v) is 13.3. The van der Waals surface area contributed by atoms with Crippen LogP contribution in [0.15, 0.2) is 35.9 Å². The Morgan fingerprint density at radius 3 is 2.08 bits per heavy atom. The Balaban J connectivity index is 1.45. The maximum absolute atomic E-state index is 12.1. The monoisotopic (exact) mass is 558 g/mol. The highest BCUT2D eigenvalue weighted by Gasteiger charge is 2.28. The Kier molecular flexibility index (Phi) is 14.3. The summed E-state index contributed by atoms with van der Waals surface area (Å²) in [7, 11) is 0. The molecule has 1 aromatic rings. The quantitative estimate of drug-likeness (QED) is 0.167. The number of imide groups is 1. The van der Waals surface area contributed by atoms with Crippen molar-refractivity contribution in [1.29, 1.82) is 0 Å². The number of amides is 5. The summed E-state index contributed by atoms with van der Waals surface area (Å²) in [5.74, 6) is -1.31. The fraction of sp³-hybridized carbons (Fsp3) is 0.500. The fourth-order valence-corrected chi connectivity index (χ4v) is 3.60. The molecule has 0 fully saturated rings. The third kappa shape index (κ3) is 12.8. The van der Waals surface area contributed by atoms with Crippen LogP contribution in [0.2, 0.25) is 0 Å². The molecular weight excluding hydrogens is 520 g/mol. The van der Waals surface area contributed by atoms with Gasteiger partial charge in [0.1, 0.15) is 5.78 Å². The van der Waals surface area contributed by atoms with Gasteiger partial charge in [-0.15, -0.1) is 0 Å². The van der Waals surface area contributed by atoms with E-state index in [4.69, 9.17) is 9.47 Å². The van der Waals surface area contributed by atoms with Gasteiger partial charge < -0.3 is 25.4 Å². The van der Waals surface area contributed by atoms with Crippen LogP contribution in [0.3, 0.4) is 0 Å². The summed E-state index contributed by atoms with van der Waals surface area (Å²) in [6.07, 6.45) is 2.67. The van der Waals surface area contributed by atoms with Crippen molar-refractivity contribution < 1.29 is 38.2 Å². The van der Waals surface area contributed by atoms with Crippen LogP contribution in [0, 0.1) is 0 Å². The Labute approximate surface area is 233 Å². The van der Waals surface area contributed by atoms with Gasteiger partial charge in [-0.1, -0.05) is 12.1 Å². The predicted octanol–water partition coefficient (Wildman–Crippen LogP) is 0.898. The number of nitrogens with one attached hydrogen (secondary N) is 3. The SMILES string of the molecule is CC(=O)CCNC(=O)CCc1ccc(NC(=O)CCOCCOCCNC(=O)CCN2C(=O)C=C(C)C2=O)cc1. The summed E-state index contributed by atoms with van der Waals surface area (Å²) in [5.41, 5.74) is 1.98. The minimum Gasteiger partial charge on any atom is -0.379 e. The van der Waals surface area contributed by atoms with Gasteiger partial charge in [-0.3, -0.25) is 33.7 Å². The van der Waals surface area contributed by atoms with Gasteiger partial charge in [0, 0.05) is 56.2 Å². The summed E-state index contributed by atoms with van der Waals surface area (Å²) in [4.78, 5) is 71.1. The van der Waals surface area contributed by atoms with Gasteiger partial charge in [-0.2, -0.15) is 0 Å². The summed E-state index contributed by atoms with van der Waals surface area (Å²) >= 11 is 0. The van der Waals surface area contributed by atoms with Crippen LogP contribution in [0.1, 0.15) is 45.1 Å². The normalized spacial score (nSPS) is 12.8. The van der Waals surface area contributed by atoms with Crippen molar-refractivity contribution in [2.75, 3.05) is 51.4 Å². The van der Waals surface area contributed by atoms with Crippen molar-refractivity contribution in [3.8, 4) is 0 Å². The van der Waals surface area contributed by atoms with Gasteiger partial charge in [0.05, 0.1) is 32.8 Å². The molecule has 0 spiro atoms. The van der Waals surface area contributed by atoms with Crippen LogP contribution in [0.5, 0.6) is 0 Å². The number of ketones is 1. The van der Waals surface area contributed by atoms with Crippen molar-refractivity contribution in [2.45, 2.75) is 46.0 Å². The molecule has 40 heavy (non-hydrogen) atoms. The standard InChI is InChI=1S/C28H38N4O8/c1-20-19-27(37)32(28(20)38)14-10-25(35)30-13-16-40-18-17-39-15-11-26(36)31-23-6-3-22(4-7-23)5-8-24(34)29-12-9-21(2)33/h3-4,6-7,19H,5,8-18H2,1-2H3,(H,29,34)(H,30,35)(H,31,36). The molecule has 0 bridgehead atoms. The van der Waals surface area contributed by atoms with E-state index in [1.165, 1.54) is 13.0 Å². The lowest BCUT2D eigenvalue weighted by Crippen LogP contribution is -2.36. The molecule has 0 radical (unpaired) electrons. The first-order chi connectivity index (χ1) is 19.2. The third-order valence-electron chi connectivity index (χ3n) is 5.84. The highest BCUT2D eigenvalue weighted by molar-refractivity contribution is 6.16. The number of carbonyl (C=O) groups is 6. The van der Waals surface area contributed by atoms with Gasteiger partial charge in [-0.05, 0) is 38.0 Å². The van der Waals surface area contributed by atoms with Gasteiger partial charge in [0.25, 0.3) is 11.8 Å². The molecule has 12 nitrogen and oxygen atoms in total. The minimum absolute atomic E-state index is 0.0245. The summed E-state index contributed by atoms with van der Waals surface area (Å²) in [6, 6.07) is 7.25. The molecule has 0 atom stereocenters. The van der Waals surface area contributed by atoms with Gasteiger partial charge in [0.2, 0.25) is 17.7 Å². The van der Waals surface area contributed by atoms with Crippen LogP contribution in [-0.4, -0.2) is 86.3 Å². The molecular formula is C28H38N4O8. The molecule has 0 saturated carbocycles. The largest absolute Gasteiger partial charge is 0.379 e. The average Bonchev–Trinajstić information content (AvgIpc) is 3.15. The fourth-order valence-electron chi connectivity index (χ4n) is 3.60.